The molecular weight excluding hydrogens is 490 g/mol. The fraction of sp³-hybridized carbons (Fsp3) is 0.700. The number of hydrogen-bond acceptors (Lipinski definition) is 10. The van der Waals surface area contributed by atoms with Crippen LogP contribution in [0, 0.1) is 5.95 Å². The molecule has 0 bridgehead atoms. The number of hydrogen-bond donors (Lipinski definition) is 5. The van der Waals surface area contributed by atoms with E-state index in [2.05, 4.69) is 15.0 Å². The summed E-state index contributed by atoms with van der Waals surface area (Å²) in [6.45, 7) is 6.10. The Hall–Kier alpha value is -2.06. The van der Waals surface area contributed by atoms with E-state index < -0.39 is 60.3 Å². The zero-order valence-corrected chi connectivity index (χ0v) is 20.6. The van der Waals surface area contributed by atoms with Gasteiger partial charge in [-0.3, -0.25) is 18.5 Å². The second-order valence-electron chi connectivity index (χ2n) is 8.84. The molecule has 15 heteroatoms. The lowest BCUT2D eigenvalue weighted by molar-refractivity contribution is -0.0773. The van der Waals surface area contributed by atoms with Crippen LogP contribution in [0.4, 0.5) is 4.39 Å². The quantitative estimate of drug-likeness (QED) is 0.289. The van der Waals surface area contributed by atoms with Crippen molar-refractivity contribution in [2.45, 2.75) is 88.9 Å². The molecule has 6 atom stereocenters. The summed E-state index contributed by atoms with van der Waals surface area (Å²) in [6.07, 6.45) is -4.54. The first kappa shape index (κ1) is 27.5. The van der Waals surface area contributed by atoms with Crippen molar-refractivity contribution in [3.05, 3.63) is 33.0 Å². The second kappa shape index (κ2) is 9.77. The maximum Gasteiger partial charge on any atom is 0.359 e. The van der Waals surface area contributed by atoms with E-state index in [1.807, 2.05) is 0 Å². The number of fused-ring (bicyclic) bond motifs is 1. The smallest absolute Gasteiger partial charge is 0.359 e. The van der Waals surface area contributed by atoms with Crippen LogP contribution in [0.15, 0.2) is 15.8 Å². The molecule has 1 aliphatic heterocycles. The number of H-pyrrole nitrogens is 1. The highest BCUT2D eigenvalue weighted by Gasteiger charge is 2.51. The molecule has 1 saturated heterocycles. The molecule has 0 aliphatic carbocycles. The van der Waals surface area contributed by atoms with Crippen molar-refractivity contribution in [2.24, 2.45) is 0 Å². The van der Waals surface area contributed by atoms with Gasteiger partial charge in [0.1, 0.15) is 17.7 Å². The van der Waals surface area contributed by atoms with Crippen LogP contribution in [0.25, 0.3) is 11.2 Å². The third-order valence-corrected chi connectivity index (χ3v) is 8.81. The van der Waals surface area contributed by atoms with Crippen molar-refractivity contribution in [1.29, 1.82) is 0 Å². The molecule has 0 amide bonds. The predicted molar refractivity (Wildman–Crippen MR) is 120 cm³/mol. The first-order valence-electron chi connectivity index (χ1n) is 11.2. The van der Waals surface area contributed by atoms with E-state index in [1.165, 1.54) is 13.8 Å². The summed E-state index contributed by atoms with van der Waals surface area (Å²) in [6, 6.07) is 0. The van der Waals surface area contributed by atoms with Gasteiger partial charge in [-0.05, 0) is 26.2 Å². The van der Waals surface area contributed by atoms with E-state index in [1.54, 1.807) is 13.8 Å². The average molecular weight is 520 g/mol. The lowest BCUT2D eigenvalue weighted by Crippen LogP contribution is -2.41. The Morgan fingerprint density at radius 2 is 1.83 bits per heavy atom. The number of nitrogens with one attached hydrogen (secondary N) is 1. The molecule has 1 fully saturated rings. The van der Waals surface area contributed by atoms with Crippen molar-refractivity contribution in [1.82, 2.24) is 19.5 Å². The van der Waals surface area contributed by atoms with E-state index in [0.717, 1.165) is 10.8 Å². The lowest BCUT2D eigenvalue weighted by atomic mass is 9.88. The third kappa shape index (κ3) is 5.10. The number of halogens is 1. The molecule has 2 aromatic heterocycles. The molecule has 3 heterocycles. The Morgan fingerprint density at radius 3 is 2.40 bits per heavy atom. The summed E-state index contributed by atoms with van der Waals surface area (Å²) < 4.78 is 38.6. The Balaban J connectivity index is 1.92. The van der Waals surface area contributed by atoms with Gasteiger partial charge in [0.25, 0.3) is 5.95 Å². The second-order valence-corrected chi connectivity index (χ2v) is 11.0. The van der Waals surface area contributed by atoms with Gasteiger partial charge in [-0.1, -0.05) is 20.8 Å². The minimum atomic E-state index is -4.54. The van der Waals surface area contributed by atoms with Gasteiger partial charge in [-0.15, -0.1) is 0 Å². The first-order valence-corrected chi connectivity index (χ1v) is 12.7. The molecule has 0 aromatic carbocycles. The van der Waals surface area contributed by atoms with Gasteiger partial charge in [0, 0.05) is 12.6 Å². The van der Waals surface area contributed by atoms with Gasteiger partial charge in [0.15, 0.2) is 17.2 Å². The molecule has 0 saturated carbocycles. The van der Waals surface area contributed by atoms with E-state index in [-0.39, 0.29) is 36.8 Å². The topological polar surface area (TPSA) is 197 Å². The molecular formula is C20H30FN4O9P. The molecule has 0 radical (unpaired) electrons. The molecule has 3 rings (SSSR count). The van der Waals surface area contributed by atoms with Crippen LogP contribution in [0.3, 0.4) is 0 Å². The molecule has 1 aliphatic rings. The fourth-order valence-electron chi connectivity index (χ4n) is 3.89. The molecule has 2 aromatic rings. The molecule has 5 N–H and O–H groups in total. The van der Waals surface area contributed by atoms with Crippen LogP contribution >= 0.6 is 7.60 Å². The number of aliphatic hydroxyl groups is 3. The number of nitrogens with zero attached hydrogens (tertiary/aromatic N) is 3. The highest BCUT2D eigenvalue weighted by molar-refractivity contribution is 7.54. The Morgan fingerprint density at radius 1 is 1.20 bits per heavy atom. The Kier molecular flexibility index (Phi) is 7.68. The normalized spacial score (nSPS) is 26.5. The molecule has 0 spiro atoms. The third-order valence-electron chi connectivity index (χ3n) is 6.64. The van der Waals surface area contributed by atoms with Crippen LogP contribution in [-0.2, 0) is 13.8 Å². The highest BCUT2D eigenvalue weighted by atomic mass is 31.2. The summed E-state index contributed by atoms with van der Waals surface area (Å²) in [7, 11) is -4.54. The van der Waals surface area contributed by atoms with Crippen LogP contribution in [0.5, 0.6) is 0 Å². The van der Waals surface area contributed by atoms with Crippen molar-refractivity contribution >= 4 is 18.8 Å². The summed E-state index contributed by atoms with van der Waals surface area (Å²) in [5.41, 5.74) is -3.91. The van der Waals surface area contributed by atoms with E-state index in [0.29, 0.717) is 0 Å². The SMILES string of the molecule is CCC(CC)(CC1OC(n2cc3nc(F)c(=O)[nH]c3nc2=O)C(O)C1O)OP(=O)(O)C(C)(O)CC. The van der Waals surface area contributed by atoms with Gasteiger partial charge in [0.2, 0.25) is 0 Å². The zero-order chi connectivity index (χ0) is 26.3. The monoisotopic (exact) mass is 520 g/mol. The number of ether oxygens (including phenoxy) is 1. The van der Waals surface area contributed by atoms with E-state index >= 15 is 0 Å². The summed E-state index contributed by atoms with van der Waals surface area (Å²) in [5, 5.41) is 29.6. The number of aromatic amines is 1. The maximum atomic E-state index is 13.6. The lowest BCUT2D eigenvalue weighted by Gasteiger charge is -2.39. The highest BCUT2D eigenvalue weighted by Crippen LogP contribution is 2.59. The van der Waals surface area contributed by atoms with Crippen LogP contribution in [-0.4, -0.2) is 69.0 Å². The van der Waals surface area contributed by atoms with E-state index in [9.17, 15) is 38.8 Å². The predicted octanol–water partition coefficient (Wildman–Crippen LogP) is 0.507. The molecule has 13 nitrogen and oxygen atoms in total. The summed E-state index contributed by atoms with van der Waals surface area (Å²) in [4.78, 5) is 43.5. The number of aromatic nitrogens is 4. The fourth-order valence-corrected chi connectivity index (χ4v) is 5.34. The molecule has 35 heavy (non-hydrogen) atoms. The largest absolute Gasteiger partial charge is 0.388 e. The first-order chi connectivity index (χ1) is 16.2. The number of rotatable bonds is 9. The standard InChI is InChI=1S/C20H30FN4O9P/c1-5-19(4,30)35(31,32)34-20(6-2,7-3)8-11-12(26)13(27)17(33-11)25-9-10-15(24-18(25)29)23-16(28)14(21)22-10/h9,11-13,17,26-27,30H,5-8H2,1-4H3,(H,31,32)(H,23,24,28,29). The van der Waals surface area contributed by atoms with E-state index in [4.69, 9.17) is 9.26 Å². The number of aliphatic hydroxyl groups excluding tert-OH is 2. The van der Waals surface area contributed by atoms with Gasteiger partial charge in [0.05, 0.1) is 11.7 Å². The minimum Gasteiger partial charge on any atom is -0.388 e. The van der Waals surface area contributed by atoms with Crippen molar-refractivity contribution in [3.63, 3.8) is 0 Å². The van der Waals surface area contributed by atoms with Gasteiger partial charge >= 0.3 is 18.8 Å². The van der Waals surface area contributed by atoms with Gasteiger partial charge in [-0.25, -0.2) is 9.78 Å². The maximum absolute atomic E-state index is 13.6. The zero-order valence-electron chi connectivity index (χ0n) is 19.7. The summed E-state index contributed by atoms with van der Waals surface area (Å²) in [5.74, 6) is -1.35. The molecule has 196 valence electrons. The van der Waals surface area contributed by atoms with Crippen molar-refractivity contribution in [2.75, 3.05) is 0 Å². The van der Waals surface area contributed by atoms with Crippen LogP contribution in [0.2, 0.25) is 0 Å². The minimum absolute atomic E-state index is 0.0502. The Labute approximate surface area is 199 Å². The van der Waals surface area contributed by atoms with Crippen LogP contribution < -0.4 is 11.2 Å². The van der Waals surface area contributed by atoms with Crippen molar-refractivity contribution < 1.29 is 38.4 Å². The van der Waals surface area contributed by atoms with Crippen molar-refractivity contribution in [3.8, 4) is 0 Å². The average Bonchev–Trinajstić information content (AvgIpc) is 3.07. The van der Waals surface area contributed by atoms with Gasteiger partial charge < -0.3 is 29.9 Å². The van der Waals surface area contributed by atoms with Gasteiger partial charge in [-0.2, -0.15) is 9.37 Å². The molecule has 6 unspecified atom stereocenters. The Bertz CT molecular complexity index is 1250. The summed E-state index contributed by atoms with van der Waals surface area (Å²) >= 11 is 0. The van der Waals surface area contributed by atoms with Crippen LogP contribution in [0.1, 0.15) is 59.6 Å².